The summed E-state index contributed by atoms with van der Waals surface area (Å²) in [5, 5.41) is 2.16. The Bertz CT molecular complexity index is 301. The summed E-state index contributed by atoms with van der Waals surface area (Å²) in [6.45, 7) is 2.00. The van der Waals surface area contributed by atoms with E-state index in [9.17, 15) is 0 Å². The number of ether oxygens (including phenoxy) is 1. The molecule has 1 aromatic rings. The number of hydrogen-bond acceptors (Lipinski definition) is 2. The molecule has 1 saturated carbocycles. The van der Waals surface area contributed by atoms with Gasteiger partial charge < -0.3 is 4.74 Å². The molecular formula is C11H13BrOS. The Hall–Kier alpha value is 0.140. The third-order valence-electron chi connectivity index (χ3n) is 3.41. The fourth-order valence-electron chi connectivity index (χ4n) is 2.58. The van der Waals surface area contributed by atoms with Gasteiger partial charge in [-0.15, -0.1) is 11.3 Å². The normalized spacial score (nSPS) is 36.8. The van der Waals surface area contributed by atoms with Gasteiger partial charge in [0.15, 0.2) is 0 Å². The van der Waals surface area contributed by atoms with Crippen LogP contribution in [0.3, 0.4) is 0 Å². The van der Waals surface area contributed by atoms with Gasteiger partial charge in [-0.25, -0.2) is 0 Å². The van der Waals surface area contributed by atoms with Gasteiger partial charge in [0.1, 0.15) is 0 Å². The number of hydrogen-bond donors (Lipinski definition) is 0. The van der Waals surface area contributed by atoms with Crippen LogP contribution >= 0.6 is 27.3 Å². The van der Waals surface area contributed by atoms with Crippen LogP contribution in [-0.4, -0.2) is 18.0 Å². The summed E-state index contributed by atoms with van der Waals surface area (Å²) in [6, 6.07) is 4.37. The van der Waals surface area contributed by atoms with Crippen LogP contribution in [0.2, 0.25) is 0 Å². The Kier molecular flexibility index (Phi) is 2.42. The fourth-order valence-corrected chi connectivity index (χ4v) is 4.69. The minimum atomic E-state index is 0.667. The van der Waals surface area contributed by atoms with Crippen LogP contribution < -0.4 is 0 Å². The third-order valence-corrected chi connectivity index (χ3v) is 5.25. The molecule has 0 spiro atoms. The molecule has 14 heavy (non-hydrogen) atoms. The summed E-state index contributed by atoms with van der Waals surface area (Å²) < 4.78 is 5.40. The average molecular weight is 273 g/mol. The van der Waals surface area contributed by atoms with Gasteiger partial charge in [-0.1, -0.05) is 22.0 Å². The molecule has 2 heterocycles. The summed E-state index contributed by atoms with van der Waals surface area (Å²) >= 11 is 5.70. The zero-order valence-corrected chi connectivity index (χ0v) is 10.3. The van der Waals surface area contributed by atoms with Crippen LogP contribution in [0.15, 0.2) is 17.5 Å². The number of fused-ring (bicyclic) bond motifs is 1. The van der Waals surface area contributed by atoms with Crippen LogP contribution in [-0.2, 0) is 11.2 Å². The first-order chi connectivity index (χ1) is 6.86. The summed E-state index contributed by atoms with van der Waals surface area (Å²) in [5.41, 5.74) is 0. The molecule has 3 atom stereocenters. The molecule has 0 aromatic carbocycles. The Morgan fingerprint density at radius 3 is 2.93 bits per heavy atom. The van der Waals surface area contributed by atoms with E-state index in [0.717, 1.165) is 31.0 Å². The summed E-state index contributed by atoms with van der Waals surface area (Å²) in [6.07, 6.45) is 1.19. The molecule has 76 valence electrons. The van der Waals surface area contributed by atoms with Gasteiger partial charge in [0.05, 0.1) is 13.2 Å². The molecule has 1 aromatic heterocycles. The van der Waals surface area contributed by atoms with Crippen molar-refractivity contribution in [2.24, 2.45) is 17.8 Å². The minimum Gasteiger partial charge on any atom is -0.381 e. The van der Waals surface area contributed by atoms with E-state index >= 15 is 0 Å². The van der Waals surface area contributed by atoms with Gasteiger partial charge in [-0.2, -0.15) is 0 Å². The highest BCUT2D eigenvalue weighted by Gasteiger charge is 2.56. The molecule has 1 saturated heterocycles. The maximum absolute atomic E-state index is 5.40. The zero-order chi connectivity index (χ0) is 9.54. The van der Waals surface area contributed by atoms with E-state index in [2.05, 4.69) is 33.4 Å². The first-order valence-electron chi connectivity index (χ1n) is 5.10. The SMILES string of the molecule is BrC(Cc1cccs1)C1C2COCC21. The second-order valence-corrected chi connectivity index (χ2v) is 6.45. The monoisotopic (exact) mass is 272 g/mol. The zero-order valence-electron chi connectivity index (χ0n) is 7.86. The molecule has 3 rings (SSSR count). The summed E-state index contributed by atoms with van der Waals surface area (Å²) in [5.74, 6) is 2.60. The van der Waals surface area contributed by atoms with Gasteiger partial charge >= 0.3 is 0 Å². The van der Waals surface area contributed by atoms with Crippen LogP contribution in [0, 0.1) is 17.8 Å². The van der Waals surface area contributed by atoms with Crippen molar-refractivity contribution >= 4 is 27.3 Å². The molecule has 2 aliphatic rings. The highest BCUT2D eigenvalue weighted by atomic mass is 79.9. The minimum absolute atomic E-state index is 0.667. The average Bonchev–Trinajstić information content (AvgIpc) is 2.63. The summed E-state index contributed by atoms with van der Waals surface area (Å²) in [4.78, 5) is 2.16. The largest absolute Gasteiger partial charge is 0.381 e. The highest BCUT2D eigenvalue weighted by Crippen LogP contribution is 2.55. The van der Waals surface area contributed by atoms with E-state index in [1.807, 2.05) is 11.3 Å². The lowest BCUT2D eigenvalue weighted by Gasteiger charge is -2.10. The van der Waals surface area contributed by atoms with Crippen molar-refractivity contribution in [2.45, 2.75) is 11.2 Å². The van der Waals surface area contributed by atoms with Gasteiger partial charge in [-0.05, 0) is 35.6 Å². The van der Waals surface area contributed by atoms with Crippen molar-refractivity contribution in [1.29, 1.82) is 0 Å². The first kappa shape index (κ1) is 9.37. The smallest absolute Gasteiger partial charge is 0.0501 e. The van der Waals surface area contributed by atoms with E-state index in [4.69, 9.17) is 4.74 Å². The molecule has 3 unspecified atom stereocenters. The van der Waals surface area contributed by atoms with Gasteiger partial charge in [0.25, 0.3) is 0 Å². The second kappa shape index (κ2) is 3.62. The predicted octanol–water partition coefficient (Wildman–Crippen LogP) is 2.95. The quantitative estimate of drug-likeness (QED) is 0.769. The molecule has 3 heteroatoms. The lowest BCUT2D eigenvalue weighted by molar-refractivity contribution is 0.151. The molecule has 0 bridgehead atoms. The second-order valence-electron chi connectivity index (χ2n) is 4.24. The Morgan fingerprint density at radius 1 is 1.50 bits per heavy atom. The standard InChI is InChI=1S/C11H13BrOS/c12-10(4-7-2-1-3-14-7)11-8-5-13-6-9(8)11/h1-3,8-11H,4-6H2. The van der Waals surface area contributed by atoms with Crippen molar-refractivity contribution in [3.05, 3.63) is 22.4 Å². The van der Waals surface area contributed by atoms with E-state index in [1.54, 1.807) is 0 Å². The number of halogens is 1. The van der Waals surface area contributed by atoms with Crippen LogP contribution in [0.25, 0.3) is 0 Å². The summed E-state index contributed by atoms with van der Waals surface area (Å²) in [7, 11) is 0. The molecule has 0 N–H and O–H groups in total. The molecule has 1 aliphatic carbocycles. The molecule has 0 radical (unpaired) electrons. The Morgan fingerprint density at radius 2 is 2.29 bits per heavy atom. The number of alkyl halides is 1. The van der Waals surface area contributed by atoms with Crippen molar-refractivity contribution in [1.82, 2.24) is 0 Å². The van der Waals surface area contributed by atoms with Crippen molar-refractivity contribution in [3.8, 4) is 0 Å². The molecule has 1 nitrogen and oxygen atoms in total. The Balaban J connectivity index is 1.59. The topological polar surface area (TPSA) is 9.23 Å². The van der Waals surface area contributed by atoms with Gasteiger partial charge in [0, 0.05) is 9.70 Å². The van der Waals surface area contributed by atoms with Crippen molar-refractivity contribution in [2.75, 3.05) is 13.2 Å². The third kappa shape index (κ3) is 1.55. The number of thiophene rings is 1. The van der Waals surface area contributed by atoms with Crippen molar-refractivity contribution in [3.63, 3.8) is 0 Å². The Labute approximate surface area is 96.6 Å². The van der Waals surface area contributed by atoms with Gasteiger partial charge in [-0.3, -0.25) is 0 Å². The van der Waals surface area contributed by atoms with E-state index in [1.165, 1.54) is 11.3 Å². The molecule has 1 aliphatic heterocycles. The molecule has 2 fully saturated rings. The van der Waals surface area contributed by atoms with Crippen LogP contribution in [0.5, 0.6) is 0 Å². The maximum Gasteiger partial charge on any atom is 0.0501 e. The lowest BCUT2D eigenvalue weighted by Crippen LogP contribution is -2.11. The predicted molar refractivity (Wildman–Crippen MR) is 62.0 cm³/mol. The maximum atomic E-state index is 5.40. The van der Waals surface area contributed by atoms with Crippen LogP contribution in [0.4, 0.5) is 0 Å². The lowest BCUT2D eigenvalue weighted by atomic mass is 10.1. The molecular weight excluding hydrogens is 260 g/mol. The fraction of sp³-hybridized carbons (Fsp3) is 0.636. The van der Waals surface area contributed by atoms with Crippen molar-refractivity contribution < 1.29 is 4.74 Å². The molecule has 0 amide bonds. The first-order valence-corrected chi connectivity index (χ1v) is 6.90. The van der Waals surface area contributed by atoms with E-state index < -0.39 is 0 Å². The highest BCUT2D eigenvalue weighted by molar-refractivity contribution is 9.09. The van der Waals surface area contributed by atoms with E-state index in [-0.39, 0.29) is 0 Å². The van der Waals surface area contributed by atoms with E-state index in [0.29, 0.717) is 4.83 Å². The van der Waals surface area contributed by atoms with Crippen LogP contribution in [0.1, 0.15) is 4.88 Å². The van der Waals surface area contributed by atoms with Gasteiger partial charge in [0.2, 0.25) is 0 Å². The number of rotatable bonds is 3.